The van der Waals surface area contributed by atoms with Crippen molar-refractivity contribution in [2.24, 2.45) is 5.73 Å². The first kappa shape index (κ1) is 11.3. The molecule has 1 aromatic rings. The van der Waals surface area contributed by atoms with Gasteiger partial charge in [-0.2, -0.15) is 0 Å². The molecule has 0 aromatic heterocycles. The lowest BCUT2D eigenvalue weighted by Crippen LogP contribution is -2.49. The van der Waals surface area contributed by atoms with Crippen molar-refractivity contribution in [3.05, 3.63) is 24.3 Å². The van der Waals surface area contributed by atoms with E-state index in [9.17, 15) is 0 Å². The van der Waals surface area contributed by atoms with E-state index in [1.54, 1.807) is 0 Å². The average Bonchev–Trinajstić information content (AvgIpc) is 2.21. The molecule has 0 unspecified atom stereocenters. The van der Waals surface area contributed by atoms with Gasteiger partial charge in [0.2, 0.25) is 0 Å². The second-order valence-electron chi connectivity index (χ2n) is 5.32. The Morgan fingerprint density at radius 3 is 2.44 bits per heavy atom. The summed E-state index contributed by atoms with van der Waals surface area (Å²) in [6, 6.07) is 8.53. The standard InChI is InChI=1S/C13H21N3/c1-13(2,14)10-16-9-8-15(3)11-6-4-5-7-12(11)16/h4-7H,8-10,14H2,1-3H3. The van der Waals surface area contributed by atoms with Crippen LogP contribution in [0.4, 0.5) is 11.4 Å². The van der Waals surface area contributed by atoms with Crippen molar-refractivity contribution < 1.29 is 0 Å². The third-order valence-corrected chi connectivity index (χ3v) is 2.94. The molecule has 2 N–H and O–H groups in total. The first-order valence-electron chi connectivity index (χ1n) is 5.81. The Balaban J connectivity index is 2.28. The molecule has 3 nitrogen and oxygen atoms in total. The van der Waals surface area contributed by atoms with Gasteiger partial charge >= 0.3 is 0 Å². The molecule has 0 bridgehead atoms. The van der Waals surface area contributed by atoms with Crippen LogP contribution in [0, 0.1) is 0 Å². The maximum absolute atomic E-state index is 6.10. The van der Waals surface area contributed by atoms with Gasteiger partial charge in [0.15, 0.2) is 0 Å². The molecular formula is C13H21N3. The minimum Gasteiger partial charge on any atom is -0.371 e. The summed E-state index contributed by atoms with van der Waals surface area (Å²) in [4.78, 5) is 4.69. The highest BCUT2D eigenvalue weighted by Crippen LogP contribution is 2.32. The average molecular weight is 219 g/mol. The first-order valence-corrected chi connectivity index (χ1v) is 5.81. The molecule has 1 aliphatic heterocycles. The van der Waals surface area contributed by atoms with Gasteiger partial charge in [0.1, 0.15) is 0 Å². The van der Waals surface area contributed by atoms with E-state index in [0.717, 1.165) is 19.6 Å². The summed E-state index contributed by atoms with van der Waals surface area (Å²) in [5.74, 6) is 0. The van der Waals surface area contributed by atoms with Gasteiger partial charge in [0.25, 0.3) is 0 Å². The van der Waals surface area contributed by atoms with E-state index < -0.39 is 0 Å². The number of benzene rings is 1. The quantitative estimate of drug-likeness (QED) is 0.821. The summed E-state index contributed by atoms with van der Waals surface area (Å²) >= 11 is 0. The number of likely N-dealkylation sites (N-methyl/N-ethyl adjacent to an activating group) is 1. The van der Waals surface area contributed by atoms with E-state index in [1.165, 1.54) is 11.4 Å². The van der Waals surface area contributed by atoms with Crippen LogP contribution in [0.25, 0.3) is 0 Å². The first-order chi connectivity index (χ1) is 7.47. The monoisotopic (exact) mass is 219 g/mol. The fraction of sp³-hybridized carbons (Fsp3) is 0.538. The summed E-state index contributed by atoms with van der Waals surface area (Å²) in [6.45, 7) is 7.17. The Hall–Kier alpha value is -1.22. The van der Waals surface area contributed by atoms with Gasteiger partial charge in [-0.3, -0.25) is 0 Å². The zero-order chi connectivity index (χ0) is 11.8. The van der Waals surface area contributed by atoms with Crippen molar-refractivity contribution in [2.75, 3.05) is 36.5 Å². The van der Waals surface area contributed by atoms with Crippen molar-refractivity contribution in [3.63, 3.8) is 0 Å². The zero-order valence-corrected chi connectivity index (χ0v) is 10.4. The van der Waals surface area contributed by atoms with Crippen LogP contribution in [0.2, 0.25) is 0 Å². The highest BCUT2D eigenvalue weighted by Gasteiger charge is 2.23. The molecule has 0 amide bonds. The van der Waals surface area contributed by atoms with Crippen LogP contribution in [0.15, 0.2) is 24.3 Å². The number of rotatable bonds is 2. The fourth-order valence-corrected chi connectivity index (χ4v) is 2.22. The molecule has 3 heteroatoms. The van der Waals surface area contributed by atoms with Crippen LogP contribution in [-0.4, -0.2) is 32.2 Å². The molecule has 88 valence electrons. The van der Waals surface area contributed by atoms with E-state index in [0.29, 0.717) is 0 Å². The molecule has 0 saturated heterocycles. The molecule has 1 heterocycles. The maximum atomic E-state index is 6.10. The highest BCUT2D eigenvalue weighted by atomic mass is 15.3. The number of para-hydroxylation sites is 2. The molecule has 0 radical (unpaired) electrons. The minimum absolute atomic E-state index is 0.150. The van der Waals surface area contributed by atoms with Crippen molar-refractivity contribution >= 4 is 11.4 Å². The molecule has 0 aliphatic carbocycles. The number of hydrogen-bond acceptors (Lipinski definition) is 3. The van der Waals surface area contributed by atoms with E-state index in [4.69, 9.17) is 5.73 Å². The third-order valence-electron chi connectivity index (χ3n) is 2.94. The molecule has 2 rings (SSSR count). The molecule has 1 aliphatic rings. The maximum Gasteiger partial charge on any atom is 0.0605 e. The molecule has 0 saturated carbocycles. The Bertz CT molecular complexity index is 368. The van der Waals surface area contributed by atoms with Crippen molar-refractivity contribution in [2.45, 2.75) is 19.4 Å². The van der Waals surface area contributed by atoms with Crippen LogP contribution in [-0.2, 0) is 0 Å². The predicted octanol–water partition coefficient (Wildman–Crippen LogP) is 1.68. The van der Waals surface area contributed by atoms with Gasteiger partial charge in [-0.05, 0) is 26.0 Å². The van der Waals surface area contributed by atoms with Crippen molar-refractivity contribution in [1.82, 2.24) is 0 Å². The van der Waals surface area contributed by atoms with Gasteiger partial charge in [-0.15, -0.1) is 0 Å². The summed E-state index contributed by atoms with van der Waals surface area (Å²) in [5.41, 5.74) is 8.56. The van der Waals surface area contributed by atoms with Gasteiger partial charge in [-0.1, -0.05) is 12.1 Å². The Kier molecular flexibility index (Phi) is 2.80. The number of nitrogens with zero attached hydrogens (tertiary/aromatic N) is 2. The van der Waals surface area contributed by atoms with E-state index >= 15 is 0 Å². The summed E-state index contributed by atoms with van der Waals surface area (Å²) in [7, 11) is 2.14. The topological polar surface area (TPSA) is 32.5 Å². The van der Waals surface area contributed by atoms with Crippen molar-refractivity contribution in [3.8, 4) is 0 Å². The van der Waals surface area contributed by atoms with Crippen LogP contribution in [0.5, 0.6) is 0 Å². The van der Waals surface area contributed by atoms with Crippen LogP contribution in [0.3, 0.4) is 0 Å². The van der Waals surface area contributed by atoms with E-state index in [1.807, 2.05) is 0 Å². The summed E-state index contributed by atoms with van der Waals surface area (Å²) in [5, 5.41) is 0. The fourth-order valence-electron chi connectivity index (χ4n) is 2.22. The van der Waals surface area contributed by atoms with Crippen LogP contribution < -0.4 is 15.5 Å². The zero-order valence-electron chi connectivity index (χ0n) is 10.4. The second-order valence-corrected chi connectivity index (χ2v) is 5.32. The molecular weight excluding hydrogens is 198 g/mol. The van der Waals surface area contributed by atoms with E-state index in [2.05, 4.69) is 55.0 Å². The smallest absolute Gasteiger partial charge is 0.0605 e. The Labute approximate surface area is 97.8 Å². The summed E-state index contributed by atoms with van der Waals surface area (Å²) in [6.07, 6.45) is 0. The molecule has 16 heavy (non-hydrogen) atoms. The van der Waals surface area contributed by atoms with Gasteiger partial charge in [0, 0.05) is 32.2 Å². The second kappa shape index (κ2) is 3.98. The molecule has 1 aromatic carbocycles. The number of anilines is 2. The SMILES string of the molecule is CN1CCN(CC(C)(C)N)c2ccccc21. The van der Waals surface area contributed by atoms with Gasteiger partial charge < -0.3 is 15.5 Å². The molecule has 0 fully saturated rings. The molecule has 0 spiro atoms. The van der Waals surface area contributed by atoms with E-state index in [-0.39, 0.29) is 5.54 Å². The molecule has 0 atom stereocenters. The van der Waals surface area contributed by atoms with Crippen molar-refractivity contribution in [1.29, 1.82) is 0 Å². The Morgan fingerprint density at radius 2 is 1.81 bits per heavy atom. The lowest BCUT2D eigenvalue weighted by atomic mass is 10.0. The number of nitrogens with two attached hydrogens (primary N) is 1. The minimum atomic E-state index is -0.150. The lowest BCUT2D eigenvalue weighted by molar-refractivity contribution is 0.502. The number of fused-ring (bicyclic) bond motifs is 1. The summed E-state index contributed by atoms with van der Waals surface area (Å²) < 4.78 is 0. The normalized spacial score (nSPS) is 16.2. The van der Waals surface area contributed by atoms with Gasteiger partial charge in [0.05, 0.1) is 11.4 Å². The predicted molar refractivity (Wildman–Crippen MR) is 70.2 cm³/mol. The van der Waals surface area contributed by atoms with Crippen LogP contribution >= 0.6 is 0 Å². The highest BCUT2D eigenvalue weighted by molar-refractivity contribution is 5.73. The Morgan fingerprint density at radius 1 is 1.19 bits per heavy atom. The third kappa shape index (κ3) is 2.30. The van der Waals surface area contributed by atoms with Crippen LogP contribution in [0.1, 0.15) is 13.8 Å². The largest absolute Gasteiger partial charge is 0.371 e. The number of hydrogen-bond donors (Lipinski definition) is 1. The van der Waals surface area contributed by atoms with Gasteiger partial charge in [-0.25, -0.2) is 0 Å². The lowest BCUT2D eigenvalue weighted by Gasteiger charge is -2.39.